The molecule has 21 heavy (non-hydrogen) atoms. The zero-order valence-electron chi connectivity index (χ0n) is 13.5. The number of nitrogens with zero attached hydrogens (tertiary/aromatic N) is 1. The molecule has 0 aliphatic heterocycles. The number of carbonyl (C=O) groups excluding carboxylic acids is 1. The number of carbonyl (C=O) groups is 1. The molecule has 4 radical (unpaired) electrons. The molecule has 0 bridgehead atoms. The Morgan fingerprint density at radius 3 is 2.48 bits per heavy atom. The summed E-state index contributed by atoms with van der Waals surface area (Å²) < 4.78 is 0. The zero-order valence-corrected chi connectivity index (χ0v) is 13.5. The molecule has 0 heterocycles. The fraction of sp³-hybridized carbons (Fsp3) is 0.438. The molecule has 108 valence electrons. The van der Waals surface area contributed by atoms with E-state index in [9.17, 15) is 4.79 Å². The van der Waals surface area contributed by atoms with Crippen molar-refractivity contribution < 1.29 is 4.79 Å². The van der Waals surface area contributed by atoms with Gasteiger partial charge in [-0.2, -0.15) is 0 Å². The van der Waals surface area contributed by atoms with Gasteiger partial charge >= 0.3 is 0 Å². The van der Waals surface area contributed by atoms with E-state index in [-0.39, 0.29) is 11.8 Å². The van der Waals surface area contributed by atoms with Crippen LogP contribution in [0.2, 0.25) is 0 Å². The van der Waals surface area contributed by atoms with Crippen LogP contribution in [0, 0.1) is 6.92 Å². The summed E-state index contributed by atoms with van der Waals surface area (Å²) in [5, 5.41) is 2.82. The Morgan fingerprint density at radius 2 is 1.95 bits per heavy atom. The average Bonchev–Trinajstić information content (AvgIpc) is 2.38. The summed E-state index contributed by atoms with van der Waals surface area (Å²) in [4.78, 5) is 13.9. The fourth-order valence-corrected chi connectivity index (χ4v) is 2.00. The van der Waals surface area contributed by atoms with Crippen LogP contribution in [0.1, 0.15) is 30.9 Å². The number of amides is 1. The van der Waals surface area contributed by atoms with E-state index in [0.717, 1.165) is 11.1 Å². The fourth-order valence-electron chi connectivity index (χ4n) is 2.00. The topological polar surface area (TPSA) is 32.3 Å². The van der Waals surface area contributed by atoms with Gasteiger partial charge in [-0.05, 0) is 33.0 Å². The van der Waals surface area contributed by atoms with Crippen LogP contribution in [0.15, 0.2) is 18.2 Å². The van der Waals surface area contributed by atoms with Gasteiger partial charge in [-0.1, -0.05) is 42.0 Å². The molecule has 0 saturated heterocycles. The van der Waals surface area contributed by atoms with E-state index in [1.165, 1.54) is 6.08 Å². The van der Waals surface area contributed by atoms with Crippen molar-refractivity contribution in [2.45, 2.75) is 26.7 Å². The molecular formula is C16H22B2N2O. The lowest BCUT2D eigenvalue weighted by molar-refractivity contribution is -0.111. The van der Waals surface area contributed by atoms with Gasteiger partial charge < -0.3 is 10.2 Å². The number of hydrogen-bond acceptors (Lipinski definition) is 2. The van der Waals surface area contributed by atoms with Crippen LogP contribution < -0.4 is 16.2 Å². The Labute approximate surface area is 130 Å². The molecule has 1 rings (SSSR count). The predicted molar refractivity (Wildman–Crippen MR) is 92.4 cm³/mol. The number of nitrogens with one attached hydrogen (secondary N) is 1. The first-order chi connectivity index (χ1) is 9.73. The maximum atomic E-state index is 11.9. The molecule has 3 nitrogen and oxygen atoms in total. The van der Waals surface area contributed by atoms with Crippen molar-refractivity contribution in [1.82, 2.24) is 4.90 Å². The lowest BCUT2D eigenvalue weighted by atomic mass is 9.75. The van der Waals surface area contributed by atoms with Gasteiger partial charge in [0.2, 0.25) is 5.91 Å². The standard InChI is InChI=1S/C16H22B2N2O/c1-10(2)12-9-13(16(18)11(3)15(12)17)19-14(21)7-6-8-20(4)5/h6-7,9-10H,8H2,1-5H3,(H,19,21)/b7-6-. The summed E-state index contributed by atoms with van der Waals surface area (Å²) in [6.45, 7) is 6.70. The molecule has 1 amide bonds. The molecule has 0 saturated carbocycles. The van der Waals surface area contributed by atoms with Crippen LogP contribution in [-0.4, -0.2) is 47.1 Å². The molecule has 0 spiro atoms. The SMILES string of the molecule is [B]c1c(NC(=O)/C=C\CN(C)C)cc(C(C)C)c([B])c1C. The van der Waals surface area contributed by atoms with Gasteiger partial charge in [0, 0.05) is 18.3 Å². The largest absolute Gasteiger partial charge is 0.323 e. The minimum absolute atomic E-state index is 0.192. The van der Waals surface area contributed by atoms with Gasteiger partial charge in [0.05, 0.1) is 0 Å². The monoisotopic (exact) mass is 280 g/mol. The van der Waals surface area contributed by atoms with Crippen LogP contribution in [0.5, 0.6) is 0 Å². The highest BCUT2D eigenvalue weighted by Crippen LogP contribution is 2.17. The average molecular weight is 280 g/mol. The predicted octanol–water partition coefficient (Wildman–Crippen LogP) is 0.762. The third-order valence-electron chi connectivity index (χ3n) is 3.33. The summed E-state index contributed by atoms with van der Waals surface area (Å²) in [5.74, 6) is 0.0756. The normalized spacial score (nSPS) is 11.6. The third-order valence-corrected chi connectivity index (χ3v) is 3.33. The summed E-state index contributed by atoms with van der Waals surface area (Å²) in [7, 11) is 16.0. The van der Waals surface area contributed by atoms with Crippen LogP contribution in [0.4, 0.5) is 5.69 Å². The molecule has 0 aliphatic rings. The highest BCUT2D eigenvalue weighted by atomic mass is 16.1. The van der Waals surface area contributed by atoms with Crippen molar-refractivity contribution in [3.8, 4) is 0 Å². The second-order valence-electron chi connectivity index (χ2n) is 5.77. The summed E-state index contributed by atoms with van der Waals surface area (Å²) >= 11 is 0. The molecule has 0 atom stereocenters. The van der Waals surface area contributed by atoms with Crippen molar-refractivity contribution in [2.24, 2.45) is 0 Å². The van der Waals surface area contributed by atoms with E-state index in [1.54, 1.807) is 6.08 Å². The minimum Gasteiger partial charge on any atom is -0.323 e. The first-order valence-electron chi connectivity index (χ1n) is 7.04. The molecular weight excluding hydrogens is 258 g/mol. The van der Waals surface area contributed by atoms with Crippen molar-refractivity contribution in [2.75, 3.05) is 26.0 Å². The maximum absolute atomic E-state index is 11.9. The van der Waals surface area contributed by atoms with Crippen molar-refractivity contribution in [3.63, 3.8) is 0 Å². The Hall–Kier alpha value is -1.48. The van der Waals surface area contributed by atoms with Crippen LogP contribution >= 0.6 is 0 Å². The highest BCUT2D eigenvalue weighted by Gasteiger charge is 2.12. The summed E-state index contributed by atoms with van der Waals surface area (Å²) in [6, 6.07) is 1.86. The Kier molecular flexibility index (Phi) is 6.28. The van der Waals surface area contributed by atoms with E-state index in [4.69, 9.17) is 15.7 Å². The molecule has 1 aromatic carbocycles. The Balaban J connectivity index is 2.98. The van der Waals surface area contributed by atoms with Crippen LogP contribution in [-0.2, 0) is 4.79 Å². The molecule has 0 fully saturated rings. The van der Waals surface area contributed by atoms with E-state index < -0.39 is 0 Å². The van der Waals surface area contributed by atoms with Gasteiger partial charge in [-0.3, -0.25) is 4.79 Å². The lowest BCUT2D eigenvalue weighted by Gasteiger charge is -2.19. The molecule has 0 aliphatic carbocycles. The second kappa shape index (κ2) is 7.51. The van der Waals surface area contributed by atoms with Crippen LogP contribution in [0.3, 0.4) is 0 Å². The number of rotatable bonds is 5. The van der Waals surface area contributed by atoms with Crippen molar-refractivity contribution in [1.29, 1.82) is 0 Å². The zero-order chi connectivity index (χ0) is 16.2. The van der Waals surface area contributed by atoms with Gasteiger partial charge in [0.25, 0.3) is 0 Å². The van der Waals surface area contributed by atoms with Crippen molar-refractivity contribution >= 4 is 38.2 Å². The number of hydrogen-bond donors (Lipinski definition) is 1. The van der Waals surface area contributed by atoms with E-state index in [1.807, 2.05) is 32.0 Å². The van der Waals surface area contributed by atoms with Gasteiger partial charge in [-0.25, -0.2) is 0 Å². The molecule has 0 unspecified atom stereocenters. The molecule has 5 heteroatoms. The summed E-state index contributed by atoms with van der Waals surface area (Å²) in [5.41, 5.74) is 3.64. The van der Waals surface area contributed by atoms with E-state index in [2.05, 4.69) is 19.2 Å². The smallest absolute Gasteiger partial charge is 0.248 e. The van der Waals surface area contributed by atoms with E-state index >= 15 is 0 Å². The number of anilines is 1. The van der Waals surface area contributed by atoms with E-state index in [0.29, 0.717) is 23.2 Å². The first-order valence-corrected chi connectivity index (χ1v) is 7.04. The number of likely N-dealkylation sites (N-methyl/N-ethyl adjacent to an activating group) is 1. The number of benzene rings is 1. The second-order valence-corrected chi connectivity index (χ2v) is 5.77. The molecule has 1 N–H and O–H groups in total. The first kappa shape index (κ1) is 17.6. The quantitative estimate of drug-likeness (QED) is 0.638. The Morgan fingerprint density at radius 1 is 1.33 bits per heavy atom. The maximum Gasteiger partial charge on any atom is 0.248 e. The molecule has 0 aromatic heterocycles. The minimum atomic E-state index is -0.192. The van der Waals surface area contributed by atoms with Gasteiger partial charge in [0.15, 0.2) is 0 Å². The van der Waals surface area contributed by atoms with Crippen molar-refractivity contribution in [3.05, 3.63) is 29.3 Å². The molecule has 1 aromatic rings. The third kappa shape index (κ3) is 4.78. The van der Waals surface area contributed by atoms with Crippen LogP contribution in [0.25, 0.3) is 0 Å². The summed E-state index contributed by atoms with van der Waals surface area (Å²) in [6.07, 6.45) is 3.32. The van der Waals surface area contributed by atoms with Gasteiger partial charge in [0.1, 0.15) is 15.7 Å². The Bertz CT molecular complexity index is 552. The highest BCUT2D eigenvalue weighted by molar-refractivity contribution is 6.43. The lowest BCUT2D eigenvalue weighted by Crippen LogP contribution is -2.28. The van der Waals surface area contributed by atoms with Gasteiger partial charge in [-0.15, -0.1) is 0 Å².